The van der Waals surface area contributed by atoms with E-state index in [4.69, 9.17) is 5.11 Å². The zero-order valence-electron chi connectivity index (χ0n) is 10.4. The van der Waals surface area contributed by atoms with Crippen LogP contribution >= 0.6 is 11.8 Å². The summed E-state index contributed by atoms with van der Waals surface area (Å²) in [6.45, 7) is -0.178. The number of rotatable bonds is 3. The van der Waals surface area contributed by atoms with Crippen LogP contribution < -0.4 is 0 Å². The van der Waals surface area contributed by atoms with Crippen LogP contribution in [0.5, 0.6) is 0 Å². The Labute approximate surface area is 120 Å². The van der Waals surface area contributed by atoms with Crippen LogP contribution in [-0.4, -0.2) is 16.6 Å². The molecule has 0 amide bonds. The van der Waals surface area contributed by atoms with Gasteiger partial charge in [-0.05, 0) is 24.3 Å². The van der Waals surface area contributed by atoms with Gasteiger partial charge in [-0.3, -0.25) is 10.1 Å². The van der Waals surface area contributed by atoms with Crippen molar-refractivity contribution in [3.63, 3.8) is 0 Å². The number of non-ortho nitro benzene ring substituents is 1. The molecule has 0 atom stereocenters. The van der Waals surface area contributed by atoms with Crippen molar-refractivity contribution in [3.05, 3.63) is 64.2 Å². The molecule has 0 bridgehead atoms. The normalized spacial score (nSPS) is 9.65. The van der Waals surface area contributed by atoms with Crippen molar-refractivity contribution in [2.75, 3.05) is 6.61 Å². The molecule has 0 unspecified atom stereocenters. The Morgan fingerprint density at radius 2 is 1.85 bits per heavy atom. The first kappa shape index (κ1) is 14.1. The molecule has 0 saturated carbocycles. The highest BCUT2D eigenvalue weighted by atomic mass is 32.2. The van der Waals surface area contributed by atoms with E-state index < -0.39 is 4.92 Å². The molecule has 5 heteroatoms. The van der Waals surface area contributed by atoms with Crippen molar-refractivity contribution in [3.8, 4) is 11.8 Å². The molecule has 0 aliphatic rings. The van der Waals surface area contributed by atoms with Crippen LogP contribution in [0.25, 0.3) is 0 Å². The number of benzene rings is 2. The van der Waals surface area contributed by atoms with Gasteiger partial charge in [-0.2, -0.15) is 0 Å². The average molecular weight is 285 g/mol. The lowest BCUT2D eigenvalue weighted by atomic mass is 10.2. The first-order valence-electron chi connectivity index (χ1n) is 5.81. The molecular weight excluding hydrogens is 274 g/mol. The maximum absolute atomic E-state index is 10.7. The zero-order chi connectivity index (χ0) is 14.4. The van der Waals surface area contributed by atoms with Gasteiger partial charge in [-0.1, -0.05) is 35.7 Å². The van der Waals surface area contributed by atoms with E-state index in [1.165, 1.54) is 23.9 Å². The number of nitro groups is 1. The van der Waals surface area contributed by atoms with E-state index in [1.807, 2.05) is 30.3 Å². The number of hydrogen-bond donors (Lipinski definition) is 1. The fraction of sp³-hybridized carbons (Fsp3) is 0.0667. The Morgan fingerprint density at radius 1 is 1.15 bits per heavy atom. The van der Waals surface area contributed by atoms with E-state index in [0.29, 0.717) is 0 Å². The molecule has 4 nitrogen and oxygen atoms in total. The molecule has 0 spiro atoms. The van der Waals surface area contributed by atoms with Gasteiger partial charge in [-0.25, -0.2) is 0 Å². The second-order valence-corrected chi connectivity index (χ2v) is 4.99. The molecule has 2 rings (SSSR count). The van der Waals surface area contributed by atoms with Crippen molar-refractivity contribution in [1.82, 2.24) is 0 Å². The van der Waals surface area contributed by atoms with Crippen LogP contribution in [0.15, 0.2) is 58.3 Å². The standard InChI is InChI=1S/C15H11NO3S/c17-9-3-5-12-4-1-7-14(10-12)20-15-8-2-6-13(11-15)16(18)19/h1-2,4,6-8,10-11,17H,9H2. The lowest BCUT2D eigenvalue weighted by Crippen LogP contribution is -1.87. The smallest absolute Gasteiger partial charge is 0.270 e. The Morgan fingerprint density at radius 3 is 2.55 bits per heavy atom. The van der Waals surface area contributed by atoms with Gasteiger partial charge < -0.3 is 5.11 Å². The average Bonchev–Trinajstić information content (AvgIpc) is 2.46. The van der Waals surface area contributed by atoms with Crippen LogP contribution in [-0.2, 0) is 0 Å². The molecule has 0 radical (unpaired) electrons. The third-order valence-electron chi connectivity index (χ3n) is 2.41. The summed E-state index contributed by atoms with van der Waals surface area (Å²) in [7, 11) is 0. The largest absolute Gasteiger partial charge is 0.384 e. The van der Waals surface area contributed by atoms with E-state index in [2.05, 4.69) is 11.8 Å². The van der Waals surface area contributed by atoms with E-state index >= 15 is 0 Å². The van der Waals surface area contributed by atoms with Crippen molar-refractivity contribution in [2.24, 2.45) is 0 Å². The summed E-state index contributed by atoms with van der Waals surface area (Å²) in [5.41, 5.74) is 0.876. The van der Waals surface area contributed by atoms with Gasteiger partial charge in [0.2, 0.25) is 0 Å². The summed E-state index contributed by atoms with van der Waals surface area (Å²) in [5, 5.41) is 19.4. The van der Waals surface area contributed by atoms with Crippen LogP contribution in [0, 0.1) is 22.0 Å². The third-order valence-corrected chi connectivity index (χ3v) is 3.39. The van der Waals surface area contributed by atoms with Crippen LogP contribution in [0.1, 0.15) is 5.56 Å². The Balaban J connectivity index is 2.21. The van der Waals surface area contributed by atoms with E-state index in [9.17, 15) is 10.1 Å². The minimum atomic E-state index is -0.410. The third kappa shape index (κ3) is 3.85. The van der Waals surface area contributed by atoms with Crippen LogP contribution in [0.4, 0.5) is 5.69 Å². The van der Waals surface area contributed by atoms with Crippen LogP contribution in [0.2, 0.25) is 0 Å². The molecule has 20 heavy (non-hydrogen) atoms. The minimum Gasteiger partial charge on any atom is -0.384 e. The molecule has 0 aromatic heterocycles. The van der Waals surface area contributed by atoms with Crippen molar-refractivity contribution >= 4 is 17.4 Å². The highest BCUT2D eigenvalue weighted by Gasteiger charge is 2.06. The summed E-state index contributed by atoms with van der Waals surface area (Å²) in [6, 6.07) is 14.0. The first-order chi connectivity index (χ1) is 9.69. The van der Waals surface area contributed by atoms with E-state index in [1.54, 1.807) is 6.07 Å². The van der Waals surface area contributed by atoms with Crippen molar-refractivity contribution in [2.45, 2.75) is 9.79 Å². The molecular formula is C15H11NO3S. The van der Waals surface area contributed by atoms with Gasteiger partial charge in [0, 0.05) is 27.5 Å². The fourth-order valence-electron chi connectivity index (χ4n) is 1.58. The number of nitrogens with zero attached hydrogens (tertiary/aromatic N) is 1. The van der Waals surface area contributed by atoms with Crippen molar-refractivity contribution in [1.29, 1.82) is 0 Å². The lowest BCUT2D eigenvalue weighted by molar-refractivity contribution is -0.385. The second-order valence-electron chi connectivity index (χ2n) is 3.84. The van der Waals surface area contributed by atoms with Gasteiger partial charge in [0.15, 0.2) is 0 Å². The Bertz CT molecular complexity index is 689. The Hall–Kier alpha value is -2.29. The second kappa shape index (κ2) is 6.75. The Kier molecular flexibility index (Phi) is 4.77. The predicted molar refractivity (Wildman–Crippen MR) is 77.6 cm³/mol. The van der Waals surface area contributed by atoms with E-state index in [0.717, 1.165) is 15.4 Å². The number of aliphatic hydroxyl groups excluding tert-OH is 1. The van der Waals surface area contributed by atoms with Gasteiger partial charge in [0.25, 0.3) is 5.69 Å². The highest BCUT2D eigenvalue weighted by Crippen LogP contribution is 2.30. The lowest BCUT2D eigenvalue weighted by Gasteiger charge is -2.02. The van der Waals surface area contributed by atoms with Gasteiger partial charge in [0.05, 0.1) is 4.92 Å². The maximum atomic E-state index is 10.7. The molecule has 0 aliphatic carbocycles. The number of nitro benzene ring substituents is 1. The molecule has 1 N–H and O–H groups in total. The van der Waals surface area contributed by atoms with Gasteiger partial charge in [0.1, 0.15) is 6.61 Å². The summed E-state index contributed by atoms with van der Waals surface area (Å²) in [5.74, 6) is 5.42. The SMILES string of the molecule is O=[N+]([O-])c1cccc(Sc2cccc(C#CCO)c2)c1. The fourth-order valence-corrected chi connectivity index (χ4v) is 2.51. The summed E-state index contributed by atoms with van der Waals surface area (Å²) in [4.78, 5) is 12.1. The highest BCUT2D eigenvalue weighted by molar-refractivity contribution is 7.99. The molecule has 0 saturated heterocycles. The monoisotopic (exact) mass is 285 g/mol. The molecule has 100 valence electrons. The summed E-state index contributed by atoms with van der Waals surface area (Å²) >= 11 is 1.43. The molecule has 2 aromatic rings. The summed E-state index contributed by atoms with van der Waals surface area (Å²) < 4.78 is 0. The quantitative estimate of drug-likeness (QED) is 0.535. The molecule has 2 aromatic carbocycles. The number of hydrogen-bond acceptors (Lipinski definition) is 4. The zero-order valence-corrected chi connectivity index (χ0v) is 11.3. The topological polar surface area (TPSA) is 63.4 Å². The van der Waals surface area contributed by atoms with Gasteiger partial charge >= 0.3 is 0 Å². The number of aliphatic hydroxyl groups is 1. The van der Waals surface area contributed by atoms with Crippen molar-refractivity contribution < 1.29 is 10.0 Å². The van der Waals surface area contributed by atoms with Gasteiger partial charge in [-0.15, -0.1) is 0 Å². The van der Waals surface area contributed by atoms with Crippen LogP contribution in [0.3, 0.4) is 0 Å². The molecule has 0 aliphatic heterocycles. The first-order valence-corrected chi connectivity index (χ1v) is 6.63. The molecule has 0 heterocycles. The molecule has 0 fully saturated rings. The maximum Gasteiger partial charge on any atom is 0.270 e. The predicted octanol–water partition coefficient (Wildman–Crippen LogP) is 3.09. The minimum absolute atomic E-state index is 0.0752. The summed E-state index contributed by atoms with van der Waals surface area (Å²) in [6.07, 6.45) is 0. The van der Waals surface area contributed by atoms with E-state index in [-0.39, 0.29) is 12.3 Å².